The van der Waals surface area contributed by atoms with Gasteiger partial charge in [0, 0.05) is 4.90 Å². The van der Waals surface area contributed by atoms with Crippen molar-refractivity contribution in [3.8, 4) is 0 Å². The fourth-order valence-corrected chi connectivity index (χ4v) is 4.49. The second kappa shape index (κ2) is 10.1. The molecule has 1 N–H and O–H groups in total. The molecule has 5 nitrogen and oxygen atoms in total. The summed E-state index contributed by atoms with van der Waals surface area (Å²) >= 11 is 1.65. The number of rotatable bonds is 11. The highest BCUT2D eigenvalue weighted by atomic mass is 32.2. The highest BCUT2D eigenvalue weighted by Gasteiger charge is 2.22. The van der Waals surface area contributed by atoms with Crippen LogP contribution in [0.25, 0.3) is 0 Å². The van der Waals surface area contributed by atoms with Gasteiger partial charge in [-0.15, -0.1) is 11.8 Å². The molecule has 0 aromatic heterocycles. The summed E-state index contributed by atoms with van der Waals surface area (Å²) in [6.45, 7) is 4.40. The van der Waals surface area contributed by atoms with Crippen LogP contribution in [0, 0.1) is 0 Å². The lowest BCUT2D eigenvalue weighted by Crippen LogP contribution is -2.00. The van der Waals surface area contributed by atoms with Gasteiger partial charge in [0.15, 0.2) is 0 Å². The van der Waals surface area contributed by atoms with E-state index in [0.29, 0.717) is 24.9 Å². The van der Waals surface area contributed by atoms with Crippen LogP contribution in [-0.2, 0) is 13.6 Å². The third-order valence-corrected chi connectivity index (χ3v) is 6.11. The second-order valence-corrected chi connectivity index (χ2v) is 7.91. The van der Waals surface area contributed by atoms with Gasteiger partial charge in [-0.1, -0.05) is 0 Å². The van der Waals surface area contributed by atoms with Gasteiger partial charge in [-0.3, -0.25) is 4.57 Å². The van der Waals surface area contributed by atoms with Crippen LogP contribution in [-0.4, -0.2) is 36.2 Å². The van der Waals surface area contributed by atoms with E-state index in [4.69, 9.17) is 14.2 Å². The monoisotopic (exact) mass is 346 g/mol. The predicted octanol–water partition coefficient (Wildman–Crippen LogP) is 4.52. The molecule has 0 aliphatic rings. The number of hydrogen-bond acceptors (Lipinski definition) is 5. The number of carboxylic acid groups (broad SMARTS) is 1. The summed E-state index contributed by atoms with van der Waals surface area (Å²) in [5.41, 5.74) is 0.290. The molecule has 0 heterocycles. The highest BCUT2D eigenvalue weighted by molar-refractivity contribution is 7.99. The number of thioether (sulfide) groups is 1. The Morgan fingerprint density at radius 2 is 1.73 bits per heavy atom. The second-order valence-electron chi connectivity index (χ2n) is 4.56. The smallest absolute Gasteiger partial charge is 0.335 e. The molecule has 1 rings (SSSR count). The van der Waals surface area contributed by atoms with E-state index in [0.717, 1.165) is 23.5 Å². The van der Waals surface area contributed by atoms with Crippen LogP contribution in [0.1, 0.15) is 37.0 Å². The number of aromatic carboxylic acids is 1. The first-order chi connectivity index (χ1) is 10.5. The average Bonchev–Trinajstić information content (AvgIpc) is 2.48. The molecule has 1 aromatic carbocycles. The van der Waals surface area contributed by atoms with Crippen molar-refractivity contribution in [2.45, 2.75) is 31.6 Å². The fourth-order valence-electron chi connectivity index (χ4n) is 1.85. The van der Waals surface area contributed by atoms with Crippen LogP contribution >= 0.6 is 19.4 Å². The van der Waals surface area contributed by atoms with E-state index < -0.39 is 13.6 Å². The summed E-state index contributed by atoms with van der Waals surface area (Å²) in [6.07, 6.45) is 2.11. The Morgan fingerprint density at radius 1 is 1.14 bits per heavy atom. The number of carboxylic acids is 1. The minimum Gasteiger partial charge on any atom is -0.478 e. The molecule has 0 unspecified atom stereocenters. The molecular weight excluding hydrogens is 323 g/mol. The van der Waals surface area contributed by atoms with Gasteiger partial charge in [-0.05, 0) is 56.7 Å². The molecule has 0 fully saturated rings. The van der Waals surface area contributed by atoms with E-state index >= 15 is 0 Å². The van der Waals surface area contributed by atoms with Gasteiger partial charge in [0.25, 0.3) is 0 Å². The van der Waals surface area contributed by atoms with Crippen molar-refractivity contribution in [1.29, 1.82) is 0 Å². The topological polar surface area (TPSA) is 72.8 Å². The molecule has 0 bridgehead atoms. The lowest BCUT2D eigenvalue weighted by molar-refractivity contribution is 0.0696. The Balaban J connectivity index is 2.29. The lowest BCUT2D eigenvalue weighted by atomic mass is 10.2. The Hall–Kier alpha value is -0.810. The van der Waals surface area contributed by atoms with Crippen LogP contribution in [0.15, 0.2) is 29.2 Å². The van der Waals surface area contributed by atoms with Crippen molar-refractivity contribution < 1.29 is 23.5 Å². The molecule has 0 saturated heterocycles. The zero-order valence-electron chi connectivity index (χ0n) is 13.0. The van der Waals surface area contributed by atoms with Crippen molar-refractivity contribution in [1.82, 2.24) is 0 Å². The molecule has 0 atom stereocenters. The summed E-state index contributed by atoms with van der Waals surface area (Å²) in [5.74, 6) is -0.0378. The summed E-state index contributed by atoms with van der Waals surface area (Å²) < 4.78 is 22.7. The van der Waals surface area contributed by atoms with Crippen LogP contribution in [0.5, 0.6) is 0 Å². The Morgan fingerprint density at radius 3 is 2.23 bits per heavy atom. The molecule has 0 saturated carbocycles. The summed E-state index contributed by atoms with van der Waals surface area (Å²) in [4.78, 5) is 11.8. The molecular formula is C15H23O5PS. The minimum absolute atomic E-state index is 0.290. The molecule has 0 amide bonds. The maximum absolute atomic E-state index is 12.2. The number of carbonyl (C=O) groups is 1. The molecule has 0 spiro atoms. The van der Waals surface area contributed by atoms with Crippen LogP contribution < -0.4 is 0 Å². The van der Waals surface area contributed by atoms with Crippen LogP contribution in [0.4, 0.5) is 0 Å². The van der Waals surface area contributed by atoms with E-state index in [2.05, 4.69) is 0 Å². The number of benzene rings is 1. The van der Waals surface area contributed by atoms with Crippen molar-refractivity contribution in [2.75, 3.05) is 25.1 Å². The van der Waals surface area contributed by atoms with Gasteiger partial charge >= 0.3 is 13.6 Å². The van der Waals surface area contributed by atoms with E-state index in [1.807, 2.05) is 13.8 Å². The van der Waals surface area contributed by atoms with Crippen molar-refractivity contribution in [3.63, 3.8) is 0 Å². The summed E-state index contributed by atoms with van der Waals surface area (Å²) in [7, 11) is -2.92. The van der Waals surface area contributed by atoms with E-state index in [1.165, 1.54) is 0 Å². The third kappa shape index (κ3) is 6.97. The van der Waals surface area contributed by atoms with Crippen molar-refractivity contribution in [3.05, 3.63) is 29.8 Å². The van der Waals surface area contributed by atoms with Gasteiger partial charge in [-0.25, -0.2) is 4.79 Å². The standard InChI is InChI=1S/C15H23O5PS/c1-3-19-21(18,20-4-2)11-5-6-12-22-14-9-7-13(8-10-14)15(16)17/h7-10H,3-6,11-12H2,1-2H3,(H,16,17). The molecule has 7 heteroatoms. The van der Waals surface area contributed by atoms with E-state index in [9.17, 15) is 9.36 Å². The molecule has 0 aliphatic heterocycles. The molecule has 22 heavy (non-hydrogen) atoms. The highest BCUT2D eigenvalue weighted by Crippen LogP contribution is 2.48. The summed E-state index contributed by atoms with van der Waals surface area (Å²) in [5, 5.41) is 8.83. The van der Waals surface area contributed by atoms with Crippen molar-refractivity contribution in [2.24, 2.45) is 0 Å². The van der Waals surface area contributed by atoms with Gasteiger partial charge in [0.1, 0.15) is 0 Å². The molecule has 0 radical (unpaired) electrons. The van der Waals surface area contributed by atoms with Gasteiger partial charge in [0.05, 0.1) is 24.9 Å². The SMILES string of the molecule is CCOP(=O)(CCCCSc1ccc(C(=O)O)cc1)OCC. The zero-order chi connectivity index (χ0) is 16.4. The maximum atomic E-state index is 12.2. The Labute approximate surface area is 135 Å². The van der Waals surface area contributed by atoms with Gasteiger partial charge in [0.2, 0.25) is 0 Å². The Kier molecular flexibility index (Phi) is 8.79. The normalized spacial score (nSPS) is 11.5. The molecule has 0 aliphatic carbocycles. The first kappa shape index (κ1) is 19.2. The predicted molar refractivity (Wildman–Crippen MR) is 89.1 cm³/mol. The maximum Gasteiger partial charge on any atom is 0.335 e. The number of unbranched alkanes of at least 4 members (excludes halogenated alkanes) is 1. The largest absolute Gasteiger partial charge is 0.478 e. The first-order valence-electron chi connectivity index (χ1n) is 7.35. The van der Waals surface area contributed by atoms with Crippen LogP contribution in [0.2, 0.25) is 0 Å². The summed E-state index contributed by atoms with van der Waals surface area (Å²) in [6, 6.07) is 6.81. The first-order valence-corrected chi connectivity index (χ1v) is 10.1. The van der Waals surface area contributed by atoms with Crippen molar-refractivity contribution >= 4 is 25.3 Å². The number of hydrogen-bond donors (Lipinski definition) is 1. The van der Waals surface area contributed by atoms with E-state index in [-0.39, 0.29) is 0 Å². The lowest BCUT2D eigenvalue weighted by Gasteiger charge is -2.16. The van der Waals surface area contributed by atoms with Gasteiger partial charge < -0.3 is 14.2 Å². The van der Waals surface area contributed by atoms with E-state index in [1.54, 1.807) is 36.0 Å². The molecule has 124 valence electrons. The average molecular weight is 346 g/mol. The third-order valence-electron chi connectivity index (χ3n) is 2.85. The van der Waals surface area contributed by atoms with Crippen LogP contribution in [0.3, 0.4) is 0 Å². The van der Waals surface area contributed by atoms with Gasteiger partial charge in [-0.2, -0.15) is 0 Å². The Bertz CT molecular complexity index is 493. The zero-order valence-corrected chi connectivity index (χ0v) is 14.7. The quantitative estimate of drug-likeness (QED) is 0.361. The molecule has 1 aromatic rings. The fraction of sp³-hybridized carbons (Fsp3) is 0.533. The minimum atomic E-state index is -2.92.